The number of hydrogen-bond acceptors (Lipinski definition) is 10. The van der Waals surface area contributed by atoms with Crippen LogP contribution in [0.15, 0.2) is 69.6 Å². The minimum absolute atomic E-state index is 0.132. The van der Waals surface area contributed by atoms with Crippen molar-refractivity contribution < 1.29 is 33.3 Å². The number of fused-ring (bicyclic) bond motifs is 1. The summed E-state index contributed by atoms with van der Waals surface area (Å²) in [6, 6.07) is 13.3. The number of allylic oxidation sites excluding steroid dienone is 1. The van der Waals surface area contributed by atoms with Gasteiger partial charge in [-0.1, -0.05) is 46.7 Å². The number of carbonyl (C=O) groups is 2. The van der Waals surface area contributed by atoms with Crippen molar-refractivity contribution in [3.63, 3.8) is 0 Å². The summed E-state index contributed by atoms with van der Waals surface area (Å²) < 4.78 is 31.6. The zero-order valence-corrected chi connectivity index (χ0v) is 33.8. The lowest BCUT2D eigenvalue weighted by Crippen LogP contribution is -2.40. The van der Waals surface area contributed by atoms with Crippen molar-refractivity contribution in [3.05, 3.63) is 113 Å². The highest BCUT2D eigenvalue weighted by molar-refractivity contribution is 14.1. The van der Waals surface area contributed by atoms with Crippen molar-refractivity contribution in [2.45, 2.75) is 33.4 Å². The van der Waals surface area contributed by atoms with Gasteiger partial charge < -0.3 is 23.7 Å². The number of carbonyl (C=O) groups excluding carboxylic acids is 2. The monoisotopic (exact) mass is 962 g/mol. The maximum absolute atomic E-state index is 14.4. The molecule has 0 unspecified atom stereocenters. The molecule has 5 rings (SSSR count). The SMILES string of the molecule is CCOC(=O)C1=C(C)N=c2s/c(=C/c3cc(I)cc(I)c3OCc3ccc(Cl)c(Cl)c3)c(=O)n2[C@@H]1c1ccc(OCC(=O)OC)c(OCC)c1. The highest BCUT2D eigenvalue weighted by atomic mass is 127. The van der Waals surface area contributed by atoms with Gasteiger partial charge in [-0.05, 0) is 120 Å². The van der Waals surface area contributed by atoms with E-state index in [0.29, 0.717) is 60.1 Å². The van der Waals surface area contributed by atoms with Crippen LogP contribution in [0, 0.1) is 7.14 Å². The fourth-order valence-corrected chi connectivity index (χ4v) is 8.55. The molecular weight excluding hydrogens is 933 g/mol. The van der Waals surface area contributed by atoms with Crippen molar-refractivity contribution in [1.29, 1.82) is 0 Å². The Morgan fingerprint density at radius 2 is 1.76 bits per heavy atom. The van der Waals surface area contributed by atoms with E-state index in [1.54, 1.807) is 50.3 Å². The molecule has 0 aliphatic carbocycles. The van der Waals surface area contributed by atoms with Crippen LogP contribution in [0.2, 0.25) is 10.0 Å². The largest absolute Gasteiger partial charge is 0.490 e. The third-order valence-electron chi connectivity index (χ3n) is 7.36. The van der Waals surface area contributed by atoms with Crippen LogP contribution >= 0.6 is 79.7 Å². The first-order chi connectivity index (χ1) is 23.9. The Kier molecular flexibility index (Phi) is 12.9. The summed E-state index contributed by atoms with van der Waals surface area (Å²) in [4.78, 5) is 44.7. The van der Waals surface area contributed by atoms with E-state index < -0.39 is 18.0 Å². The van der Waals surface area contributed by atoms with Crippen molar-refractivity contribution in [3.8, 4) is 17.2 Å². The number of ether oxygens (including phenoxy) is 5. The predicted octanol–water partition coefficient (Wildman–Crippen LogP) is 6.84. The van der Waals surface area contributed by atoms with Gasteiger partial charge in [0.25, 0.3) is 5.56 Å². The number of aromatic nitrogens is 1. The molecular formula is C35H30Cl2I2N2O8S. The number of rotatable bonds is 12. The van der Waals surface area contributed by atoms with Gasteiger partial charge in [0.2, 0.25) is 0 Å². The summed E-state index contributed by atoms with van der Waals surface area (Å²) in [6.45, 7) is 5.56. The summed E-state index contributed by atoms with van der Waals surface area (Å²) >= 11 is 18.0. The Labute approximate surface area is 328 Å². The van der Waals surface area contributed by atoms with E-state index in [2.05, 4.69) is 50.2 Å². The number of halogens is 4. The van der Waals surface area contributed by atoms with Crippen LogP contribution in [0.3, 0.4) is 0 Å². The van der Waals surface area contributed by atoms with E-state index in [4.69, 9.17) is 46.9 Å². The highest BCUT2D eigenvalue weighted by Gasteiger charge is 2.34. The Morgan fingerprint density at radius 3 is 2.46 bits per heavy atom. The van der Waals surface area contributed by atoms with Crippen LogP contribution in [-0.2, 0) is 25.7 Å². The standard InChI is InChI=1S/C35H30Cl2I2N2O8S/c1-5-46-27-13-20(8-10-26(27)48-17-29(42)45-4)31-30(34(44)47-6-2)18(3)40-35-41(31)33(43)28(50-35)14-21-12-22(38)15-25(39)32(21)49-16-19-7-9-23(36)24(37)11-19/h7-15,31H,5-6,16-17H2,1-4H3/b28-14+/t31-/m1/s1. The minimum atomic E-state index is -0.900. The van der Waals surface area contributed by atoms with E-state index >= 15 is 0 Å². The molecule has 3 aromatic carbocycles. The molecule has 15 heteroatoms. The van der Waals surface area contributed by atoms with Gasteiger partial charge in [-0.3, -0.25) is 9.36 Å². The molecule has 1 atom stereocenters. The van der Waals surface area contributed by atoms with Crippen LogP contribution in [-0.4, -0.2) is 43.4 Å². The molecule has 0 saturated carbocycles. The van der Waals surface area contributed by atoms with E-state index in [1.165, 1.54) is 23.0 Å². The van der Waals surface area contributed by atoms with Gasteiger partial charge in [0.05, 0.1) is 55.8 Å². The topological polar surface area (TPSA) is 115 Å². The van der Waals surface area contributed by atoms with Crippen molar-refractivity contribution in [2.75, 3.05) is 26.9 Å². The van der Waals surface area contributed by atoms with Gasteiger partial charge in [-0.2, -0.15) is 0 Å². The molecule has 10 nitrogen and oxygen atoms in total. The number of esters is 2. The molecule has 1 aliphatic rings. The normalized spacial score (nSPS) is 14.2. The maximum Gasteiger partial charge on any atom is 0.343 e. The molecule has 0 spiro atoms. The van der Waals surface area contributed by atoms with Gasteiger partial charge >= 0.3 is 11.9 Å². The maximum atomic E-state index is 14.4. The highest BCUT2D eigenvalue weighted by Crippen LogP contribution is 2.37. The van der Waals surface area contributed by atoms with Crippen molar-refractivity contribution in [1.82, 2.24) is 4.57 Å². The van der Waals surface area contributed by atoms with Gasteiger partial charge in [0.15, 0.2) is 22.9 Å². The first-order valence-electron chi connectivity index (χ1n) is 15.2. The van der Waals surface area contributed by atoms with Crippen LogP contribution in [0.1, 0.15) is 43.5 Å². The van der Waals surface area contributed by atoms with Crippen LogP contribution < -0.4 is 29.1 Å². The first-order valence-corrected chi connectivity index (χ1v) is 18.9. The number of hydrogen-bond donors (Lipinski definition) is 0. The Bertz CT molecular complexity index is 2180. The predicted molar refractivity (Wildman–Crippen MR) is 208 cm³/mol. The van der Waals surface area contributed by atoms with E-state index in [9.17, 15) is 14.4 Å². The third kappa shape index (κ3) is 8.49. The molecule has 0 radical (unpaired) electrons. The third-order valence-corrected chi connectivity index (χ3v) is 10.5. The van der Waals surface area contributed by atoms with E-state index in [0.717, 1.165) is 12.7 Å². The Morgan fingerprint density at radius 1 is 0.980 bits per heavy atom. The number of methoxy groups -OCH3 is 1. The molecule has 262 valence electrons. The number of nitrogens with zero attached hydrogens (tertiary/aromatic N) is 2. The summed E-state index contributed by atoms with van der Waals surface area (Å²) in [5.41, 5.74) is 2.34. The molecule has 0 bridgehead atoms. The zero-order chi connectivity index (χ0) is 36.1. The van der Waals surface area contributed by atoms with Crippen molar-refractivity contribution >= 4 is 97.7 Å². The summed E-state index contributed by atoms with van der Waals surface area (Å²) in [5, 5.41) is 0.877. The summed E-state index contributed by atoms with van der Waals surface area (Å²) in [6.07, 6.45) is 1.77. The molecule has 0 saturated heterocycles. The van der Waals surface area contributed by atoms with Crippen LogP contribution in [0.5, 0.6) is 17.2 Å². The van der Waals surface area contributed by atoms with Gasteiger partial charge in [0, 0.05) is 9.13 Å². The summed E-state index contributed by atoms with van der Waals surface area (Å²) in [7, 11) is 1.27. The van der Waals surface area contributed by atoms with Gasteiger partial charge in [-0.25, -0.2) is 14.6 Å². The fourth-order valence-electron chi connectivity index (χ4n) is 5.15. The molecule has 50 heavy (non-hydrogen) atoms. The van der Waals surface area contributed by atoms with Gasteiger partial charge in [0.1, 0.15) is 12.4 Å². The molecule has 0 N–H and O–H groups in total. The number of thiazole rings is 1. The smallest absolute Gasteiger partial charge is 0.343 e. The average Bonchev–Trinajstić information content (AvgIpc) is 3.38. The zero-order valence-electron chi connectivity index (χ0n) is 27.2. The molecule has 4 aromatic rings. The van der Waals surface area contributed by atoms with E-state index in [-0.39, 0.29) is 31.0 Å². The fraction of sp³-hybridized carbons (Fsp3) is 0.257. The van der Waals surface area contributed by atoms with Gasteiger partial charge in [-0.15, -0.1) is 0 Å². The molecule has 1 aromatic heterocycles. The van der Waals surface area contributed by atoms with Crippen LogP contribution in [0.25, 0.3) is 6.08 Å². The second-order valence-corrected chi connectivity index (χ2v) is 14.9. The lowest BCUT2D eigenvalue weighted by Gasteiger charge is -2.25. The first kappa shape index (κ1) is 38.1. The lowest BCUT2D eigenvalue weighted by atomic mass is 9.95. The van der Waals surface area contributed by atoms with Crippen molar-refractivity contribution in [2.24, 2.45) is 4.99 Å². The molecule has 1 aliphatic heterocycles. The molecule has 0 amide bonds. The second kappa shape index (κ2) is 16.9. The Hall–Kier alpha value is -3.12. The molecule has 0 fully saturated rings. The van der Waals surface area contributed by atoms with Crippen LogP contribution in [0.4, 0.5) is 0 Å². The number of benzene rings is 3. The van der Waals surface area contributed by atoms with E-state index in [1.807, 2.05) is 25.1 Å². The summed E-state index contributed by atoms with van der Waals surface area (Å²) in [5.74, 6) is 0.0612. The average molecular weight is 963 g/mol. The lowest BCUT2D eigenvalue weighted by molar-refractivity contribution is -0.143. The molecule has 2 heterocycles. The quantitative estimate of drug-likeness (QED) is 0.112. The Balaban J connectivity index is 1.64. The second-order valence-electron chi connectivity index (χ2n) is 10.6. The minimum Gasteiger partial charge on any atom is -0.490 e.